The maximum atomic E-state index is 7.26. The third-order valence-corrected chi connectivity index (χ3v) is 11.1. The molecule has 0 fully saturated rings. The van der Waals surface area contributed by atoms with Gasteiger partial charge in [-0.05, 0) is 99.9 Å². The maximum Gasteiger partial charge on any atom is 0.213 e. The lowest BCUT2D eigenvalue weighted by Crippen LogP contribution is -2.42. The Morgan fingerprint density at radius 3 is 2.19 bits per heavy atom. The standard InChI is InChI=1S/C40H54ClN2O4/c1-26-22-30(46-9)24-32-37(26)42(18-20-44-7)34(39(32,3)4)16-14-28-12-11-13-29(36(28)41)15-17-35-40(5,6)33-25-31(47-10)23-27(2)38(33)43(35)19-21-45-8/h14-16,22-25,35H,11-13,17-21H2,1-10H3/q+1/b16-14+,29-15+. The van der Waals surface area contributed by atoms with Gasteiger partial charge in [0.15, 0.2) is 12.3 Å². The first-order chi connectivity index (χ1) is 22.4. The molecule has 0 radical (unpaired) electrons. The fraction of sp³-hybridized carbons (Fsp3) is 0.525. The zero-order valence-electron chi connectivity index (χ0n) is 30.2. The summed E-state index contributed by atoms with van der Waals surface area (Å²) in [7, 11) is 7.03. The van der Waals surface area contributed by atoms with Gasteiger partial charge >= 0.3 is 0 Å². The minimum absolute atomic E-state index is 0.0702. The Labute approximate surface area is 287 Å². The Hall–Kier alpha value is -3.06. The molecule has 6 nitrogen and oxygen atoms in total. The molecule has 0 aromatic heterocycles. The molecular formula is C40H54ClN2O4+. The zero-order chi connectivity index (χ0) is 34.1. The van der Waals surface area contributed by atoms with Crippen molar-refractivity contribution in [2.24, 2.45) is 0 Å². The molecular weight excluding hydrogens is 608 g/mol. The van der Waals surface area contributed by atoms with Gasteiger partial charge in [0.2, 0.25) is 5.69 Å². The number of benzene rings is 2. The first kappa shape index (κ1) is 35.3. The molecule has 2 aromatic carbocycles. The monoisotopic (exact) mass is 661 g/mol. The van der Waals surface area contributed by atoms with E-state index in [-0.39, 0.29) is 16.9 Å². The van der Waals surface area contributed by atoms with Gasteiger partial charge in [0, 0.05) is 60.1 Å². The highest BCUT2D eigenvalue weighted by molar-refractivity contribution is 6.32. The summed E-state index contributed by atoms with van der Waals surface area (Å²) in [5.74, 6) is 1.80. The van der Waals surface area contributed by atoms with Gasteiger partial charge in [-0.25, -0.2) is 0 Å². The van der Waals surface area contributed by atoms with Crippen LogP contribution in [-0.4, -0.2) is 71.1 Å². The van der Waals surface area contributed by atoms with E-state index in [0.717, 1.165) is 55.3 Å². The van der Waals surface area contributed by atoms with E-state index in [2.05, 4.69) is 93.5 Å². The van der Waals surface area contributed by atoms with Crippen molar-refractivity contribution in [1.29, 1.82) is 0 Å². The van der Waals surface area contributed by atoms with Crippen LogP contribution < -0.4 is 14.4 Å². The summed E-state index contributed by atoms with van der Waals surface area (Å²) in [6.45, 7) is 16.6. The molecule has 0 saturated heterocycles. The Balaban J connectivity index is 1.47. The summed E-state index contributed by atoms with van der Waals surface area (Å²) >= 11 is 7.26. The van der Waals surface area contributed by atoms with Crippen LogP contribution in [0.5, 0.6) is 11.5 Å². The first-order valence-corrected chi connectivity index (χ1v) is 17.3. The fourth-order valence-corrected chi connectivity index (χ4v) is 8.35. The van der Waals surface area contributed by atoms with Gasteiger partial charge in [0.1, 0.15) is 18.1 Å². The molecule has 2 heterocycles. The Morgan fingerprint density at radius 1 is 0.872 bits per heavy atom. The first-order valence-electron chi connectivity index (χ1n) is 16.9. The van der Waals surface area contributed by atoms with Crippen LogP contribution in [0.25, 0.3) is 0 Å². The van der Waals surface area contributed by atoms with Gasteiger partial charge in [0.05, 0.1) is 26.2 Å². The Kier molecular flexibility index (Phi) is 10.6. The van der Waals surface area contributed by atoms with Crippen LogP contribution in [0.4, 0.5) is 11.4 Å². The van der Waals surface area contributed by atoms with E-state index in [1.807, 2.05) is 0 Å². The van der Waals surface area contributed by atoms with Crippen molar-refractivity contribution in [3.05, 3.63) is 80.9 Å². The number of hydrogen-bond acceptors (Lipinski definition) is 5. The molecule has 0 saturated carbocycles. The van der Waals surface area contributed by atoms with Gasteiger partial charge in [-0.3, -0.25) is 0 Å². The van der Waals surface area contributed by atoms with Crippen LogP contribution in [-0.2, 0) is 20.3 Å². The lowest BCUT2D eigenvalue weighted by Gasteiger charge is -2.34. The molecule has 0 spiro atoms. The number of allylic oxidation sites excluding steroid dienone is 5. The van der Waals surface area contributed by atoms with Gasteiger partial charge < -0.3 is 23.8 Å². The molecule has 1 aliphatic carbocycles. The Morgan fingerprint density at radius 2 is 1.53 bits per heavy atom. The summed E-state index contributed by atoms with van der Waals surface area (Å²) in [6, 6.07) is 8.95. The van der Waals surface area contributed by atoms with E-state index in [1.54, 1.807) is 28.4 Å². The average Bonchev–Trinajstić information content (AvgIpc) is 3.39. The molecule has 254 valence electrons. The number of anilines is 1. The molecule has 0 N–H and O–H groups in total. The van der Waals surface area contributed by atoms with Gasteiger partial charge in [-0.15, -0.1) is 0 Å². The summed E-state index contributed by atoms with van der Waals surface area (Å²) in [4.78, 5) is 2.55. The van der Waals surface area contributed by atoms with Crippen LogP contribution >= 0.6 is 11.6 Å². The molecule has 1 unspecified atom stereocenters. The summed E-state index contributed by atoms with van der Waals surface area (Å²) < 4.78 is 24.9. The molecule has 1 atom stereocenters. The fourth-order valence-electron chi connectivity index (χ4n) is 8.03. The van der Waals surface area contributed by atoms with E-state index >= 15 is 0 Å². The van der Waals surface area contributed by atoms with Gasteiger partial charge in [-0.2, -0.15) is 4.58 Å². The van der Waals surface area contributed by atoms with E-state index in [9.17, 15) is 0 Å². The smallest absolute Gasteiger partial charge is 0.213 e. The van der Waals surface area contributed by atoms with Crippen molar-refractivity contribution >= 4 is 28.7 Å². The van der Waals surface area contributed by atoms with Gasteiger partial charge in [-0.1, -0.05) is 37.6 Å². The number of halogens is 1. The number of rotatable bonds is 12. The third-order valence-electron chi connectivity index (χ3n) is 10.6. The van der Waals surface area contributed by atoms with Crippen molar-refractivity contribution in [1.82, 2.24) is 0 Å². The number of ether oxygens (including phenoxy) is 4. The number of methoxy groups -OCH3 is 4. The predicted molar refractivity (Wildman–Crippen MR) is 195 cm³/mol. The van der Waals surface area contributed by atoms with Gasteiger partial charge in [0.25, 0.3) is 0 Å². The Bertz CT molecular complexity index is 1630. The summed E-state index contributed by atoms with van der Waals surface area (Å²) in [5.41, 5.74) is 11.1. The minimum atomic E-state index is -0.200. The van der Waals surface area contributed by atoms with Crippen molar-refractivity contribution in [2.75, 3.05) is 59.6 Å². The van der Waals surface area contributed by atoms with E-state index in [4.69, 9.17) is 30.5 Å². The number of fused-ring (bicyclic) bond motifs is 2. The van der Waals surface area contributed by atoms with E-state index < -0.39 is 0 Å². The van der Waals surface area contributed by atoms with E-state index in [0.29, 0.717) is 13.2 Å². The van der Waals surface area contributed by atoms with Crippen molar-refractivity contribution < 1.29 is 23.5 Å². The predicted octanol–water partition coefficient (Wildman–Crippen LogP) is 8.71. The lowest BCUT2D eigenvalue weighted by atomic mass is 9.78. The van der Waals surface area contributed by atoms with Crippen LogP contribution in [0.2, 0.25) is 0 Å². The topological polar surface area (TPSA) is 43.2 Å². The van der Waals surface area contributed by atoms with Crippen LogP contribution in [0.15, 0.2) is 58.7 Å². The summed E-state index contributed by atoms with van der Waals surface area (Å²) in [6.07, 6.45) is 10.9. The second-order valence-corrected chi connectivity index (χ2v) is 14.6. The molecule has 47 heavy (non-hydrogen) atoms. The van der Waals surface area contributed by atoms with Crippen LogP contribution in [0.1, 0.15) is 75.6 Å². The summed E-state index contributed by atoms with van der Waals surface area (Å²) in [5, 5.41) is 0.900. The highest BCUT2D eigenvalue weighted by Gasteiger charge is 2.46. The second-order valence-electron chi connectivity index (χ2n) is 14.3. The largest absolute Gasteiger partial charge is 0.497 e. The normalized spacial score (nSPS) is 20.9. The average molecular weight is 662 g/mol. The van der Waals surface area contributed by atoms with E-state index in [1.165, 1.54) is 50.5 Å². The lowest BCUT2D eigenvalue weighted by molar-refractivity contribution is -0.442. The van der Waals surface area contributed by atoms with Crippen molar-refractivity contribution in [3.63, 3.8) is 0 Å². The number of nitrogens with zero attached hydrogens (tertiary/aromatic N) is 2. The maximum absolute atomic E-state index is 7.26. The van der Waals surface area contributed by atoms with Crippen LogP contribution in [0.3, 0.4) is 0 Å². The third kappa shape index (κ3) is 6.54. The molecule has 0 amide bonds. The molecule has 7 heteroatoms. The molecule has 2 aromatic rings. The quantitative estimate of drug-likeness (QED) is 0.213. The molecule has 2 aliphatic heterocycles. The second kappa shape index (κ2) is 14.2. The highest BCUT2D eigenvalue weighted by atomic mass is 35.5. The molecule has 0 bridgehead atoms. The van der Waals surface area contributed by atoms with Crippen LogP contribution in [0, 0.1) is 13.8 Å². The highest BCUT2D eigenvalue weighted by Crippen LogP contribution is 2.50. The minimum Gasteiger partial charge on any atom is -0.497 e. The number of aryl methyl sites for hydroxylation is 2. The zero-order valence-corrected chi connectivity index (χ0v) is 30.9. The SMILES string of the molecule is COCCN1c2c(C)cc(OC)cc2C(C)(C)C1C/C=C1\CCCC(/C=C/C2=[N+](CCOC)c3c(C)cc(OC)cc3C2(C)C)=C1Cl. The number of hydrogen-bond donors (Lipinski definition) is 0. The molecule has 5 rings (SSSR count). The molecule has 3 aliphatic rings. The van der Waals surface area contributed by atoms with Crippen molar-refractivity contribution in [2.45, 2.75) is 84.1 Å². The van der Waals surface area contributed by atoms with Crippen molar-refractivity contribution in [3.8, 4) is 11.5 Å².